The molecular weight excluding hydrogens is 268 g/mol. The minimum Gasteiger partial charge on any atom is -0.478 e. The number of aromatic nitrogens is 4. The lowest BCUT2D eigenvalue weighted by molar-refractivity contribution is 0.0697. The van der Waals surface area contributed by atoms with E-state index in [1.54, 1.807) is 11.4 Å². The van der Waals surface area contributed by atoms with Crippen molar-refractivity contribution in [3.05, 3.63) is 34.2 Å². The van der Waals surface area contributed by atoms with Crippen molar-refractivity contribution < 1.29 is 9.90 Å². The topological polar surface area (TPSA) is 80.4 Å². The second-order valence-corrected chi connectivity index (χ2v) is 4.62. The molecule has 1 N–H and O–H groups in total. The van der Waals surface area contributed by atoms with Crippen LogP contribution in [0.4, 0.5) is 0 Å². The van der Waals surface area contributed by atoms with Crippen LogP contribution < -0.4 is 0 Å². The Morgan fingerprint density at radius 3 is 2.84 bits per heavy atom. The fourth-order valence-electron chi connectivity index (χ4n) is 2.06. The minimum absolute atomic E-state index is 0.0395. The van der Waals surface area contributed by atoms with Crippen LogP contribution in [0, 0.1) is 13.8 Å². The van der Waals surface area contributed by atoms with Crippen molar-refractivity contribution in [2.24, 2.45) is 0 Å². The molecule has 6 nitrogen and oxygen atoms in total. The van der Waals surface area contributed by atoms with E-state index in [1.807, 2.05) is 13.0 Å². The first-order chi connectivity index (χ1) is 8.99. The van der Waals surface area contributed by atoms with Crippen molar-refractivity contribution in [2.45, 2.75) is 13.8 Å². The minimum atomic E-state index is -1.12. The third kappa shape index (κ3) is 1.64. The fourth-order valence-corrected chi connectivity index (χ4v) is 2.41. The summed E-state index contributed by atoms with van der Waals surface area (Å²) in [5, 5.41) is 14.0. The van der Waals surface area contributed by atoms with Gasteiger partial charge < -0.3 is 5.11 Å². The quantitative estimate of drug-likeness (QED) is 0.737. The molecule has 3 rings (SSSR count). The molecule has 0 aliphatic carbocycles. The van der Waals surface area contributed by atoms with Gasteiger partial charge in [-0.25, -0.2) is 14.8 Å². The molecule has 0 bridgehead atoms. The van der Waals surface area contributed by atoms with E-state index in [-0.39, 0.29) is 10.6 Å². The largest absolute Gasteiger partial charge is 0.478 e. The summed E-state index contributed by atoms with van der Waals surface area (Å²) >= 11 is 6.15. The lowest BCUT2D eigenvalue weighted by Gasteiger charge is -2.07. The molecule has 3 heterocycles. The number of aromatic carboxylic acids is 1. The number of halogens is 1. The standard InChI is InChI=1S/C12H9ClN4O2/c1-5-3-8-15-6(2)9-10(13)7(12(18)19)4-14-11(9)17(8)16-5/h3-4H,1-2H3,(H,18,19). The summed E-state index contributed by atoms with van der Waals surface area (Å²) in [6.45, 7) is 3.62. The molecule has 0 saturated carbocycles. The van der Waals surface area contributed by atoms with Gasteiger partial charge in [0.05, 0.1) is 27.4 Å². The Labute approximate surface area is 112 Å². The molecule has 0 saturated heterocycles. The zero-order valence-corrected chi connectivity index (χ0v) is 10.9. The zero-order chi connectivity index (χ0) is 13.7. The van der Waals surface area contributed by atoms with E-state index < -0.39 is 5.97 Å². The Kier molecular flexibility index (Phi) is 2.43. The highest BCUT2D eigenvalue weighted by molar-refractivity contribution is 6.38. The fraction of sp³-hybridized carbons (Fsp3) is 0.167. The summed E-state index contributed by atoms with van der Waals surface area (Å²) < 4.78 is 1.56. The van der Waals surface area contributed by atoms with E-state index >= 15 is 0 Å². The lowest BCUT2D eigenvalue weighted by Crippen LogP contribution is -2.04. The van der Waals surface area contributed by atoms with Crippen LogP contribution in [0.3, 0.4) is 0 Å². The van der Waals surface area contributed by atoms with Crippen LogP contribution in [0.25, 0.3) is 16.7 Å². The van der Waals surface area contributed by atoms with Crippen LogP contribution in [0.2, 0.25) is 5.02 Å². The maximum atomic E-state index is 11.1. The van der Waals surface area contributed by atoms with Crippen molar-refractivity contribution in [2.75, 3.05) is 0 Å². The number of hydrogen-bond donors (Lipinski definition) is 1. The molecule has 0 fully saturated rings. The first-order valence-corrected chi connectivity index (χ1v) is 5.91. The molecular formula is C12H9ClN4O2. The van der Waals surface area contributed by atoms with Gasteiger partial charge in [0, 0.05) is 12.3 Å². The zero-order valence-electron chi connectivity index (χ0n) is 10.2. The Balaban J connectivity index is 2.54. The number of carboxylic acid groups (broad SMARTS) is 1. The number of rotatable bonds is 1. The van der Waals surface area contributed by atoms with Gasteiger partial charge in [0.15, 0.2) is 11.3 Å². The van der Waals surface area contributed by atoms with E-state index in [0.717, 1.165) is 5.69 Å². The summed E-state index contributed by atoms with van der Waals surface area (Å²) in [6, 6.07) is 1.83. The number of hydrogen-bond acceptors (Lipinski definition) is 4. The van der Waals surface area contributed by atoms with E-state index in [9.17, 15) is 4.79 Å². The van der Waals surface area contributed by atoms with Crippen LogP contribution in [0.1, 0.15) is 21.7 Å². The molecule has 3 aromatic heterocycles. The molecule has 0 aliphatic rings. The second-order valence-electron chi connectivity index (χ2n) is 4.24. The summed E-state index contributed by atoms with van der Waals surface area (Å²) in [6.07, 6.45) is 1.24. The Bertz CT molecular complexity index is 841. The lowest BCUT2D eigenvalue weighted by atomic mass is 10.2. The highest BCUT2D eigenvalue weighted by Gasteiger charge is 2.17. The summed E-state index contributed by atoms with van der Waals surface area (Å²) in [4.78, 5) is 19.6. The number of fused-ring (bicyclic) bond motifs is 3. The smallest absolute Gasteiger partial charge is 0.338 e. The van der Waals surface area contributed by atoms with Crippen molar-refractivity contribution in [1.82, 2.24) is 19.6 Å². The second kappa shape index (κ2) is 3.89. The van der Waals surface area contributed by atoms with Gasteiger partial charge in [-0.2, -0.15) is 9.61 Å². The van der Waals surface area contributed by atoms with Crippen LogP contribution in [-0.4, -0.2) is 30.7 Å². The van der Waals surface area contributed by atoms with E-state index in [2.05, 4.69) is 15.1 Å². The van der Waals surface area contributed by atoms with Crippen molar-refractivity contribution in [1.29, 1.82) is 0 Å². The monoisotopic (exact) mass is 276 g/mol. The third-order valence-electron chi connectivity index (χ3n) is 2.88. The van der Waals surface area contributed by atoms with E-state index in [0.29, 0.717) is 22.4 Å². The van der Waals surface area contributed by atoms with E-state index in [1.165, 1.54) is 6.20 Å². The Morgan fingerprint density at radius 1 is 1.42 bits per heavy atom. The molecule has 0 amide bonds. The summed E-state index contributed by atoms with van der Waals surface area (Å²) in [5.41, 5.74) is 2.56. The number of carboxylic acids is 1. The maximum absolute atomic E-state index is 11.1. The van der Waals surface area contributed by atoms with E-state index in [4.69, 9.17) is 16.7 Å². The average molecular weight is 277 g/mol. The Morgan fingerprint density at radius 2 is 2.16 bits per heavy atom. The van der Waals surface area contributed by atoms with Gasteiger partial charge in [0.2, 0.25) is 0 Å². The van der Waals surface area contributed by atoms with Gasteiger partial charge in [-0.3, -0.25) is 0 Å². The molecule has 7 heteroatoms. The normalized spacial score (nSPS) is 11.3. The predicted molar refractivity (Wildman–Crippen MR) is 69.7 cm³/mol. The highest BCUT2D eigenvalue weighted by atomic mass is 35.5. The SMILES string of the molecule is Cc1cc2nc(C)c3c(Cl)c(C(=O)O)cnc3n2n1. The maximum Gasteiger partial charge on any atom is 0.338 e. The number of carbonyl (C=O) groups is 1. The number of pyridine rings is 1. The highest BCUT2D eigenvalue weighted by Crippen LogP contribution is 2.28. The molecule has 3 aromatic rings. The number of aryl methyl sites for hydroxylation is 2. The van der Waals surface area contributed by atoms with Crippen LogP contribution in [0.15, 0.2) is 12.3 Å². The van der Waals surface area contributed by atoms with Gasteiger partial charge in [-0.15, -0.1) is 0 Å². The average Bonchev–Trinajstić information content (AvgIpc) is 2.69. The third-order valence-corrected chi connectivity index (χ3v) is 3.28. The first-order valence-electron chi connectivity index (χ1n) is 5.53. The summed E-state index contributed by atoms with van der Waals surface area (Å²) in [5.74, 6) is -1.12. The van der Waals surface area contributed by atoms with Crippen LogP contribution in [-0.2, 0) is 0 Å². The molecule has 0 aromatic carbocycles. The van der Waals surface area contributed by atoms with Crippen LogP contribution in [0.5, 0.6) is 0 Å². The first kappa shape index (κ1) is 11.9. The molecule has 0 atom stereocenters. The molecule has 0 spiro atoms. The van der Waals surface area contributed by atoms with Crippen molar-refractivity contribution >= 4 is 34.3 Å². The molecule has 0 aliphatic heterocycles. The van der Waals surface area contributed by atoms with Gasteiger partial charge in [-0.05, 0) is 13.8 Å². The van der Waals surface area contributed by atoms with Gasteiger partial charge in [0.1, 0.15) is 0 Å². The predicted octanol–water partition coefficient (Wildman–Crippen LogP) is 2.25. The van der Waals surface area contributed by atoms with Crippen molar-refractivity contribution in [3.63, 3.8) is 0 Å². The van der Waals surface area contributed by atoms with Gasteiger partial charge in [-0.1, -0.05) is 11.6 Å². The Hall–Kier alpha value is -2.21. The molecule has 19 heavy (non-hydrogen) atoms. The van der Waals surface area contributed by atoms with Crippen LogP contribution >= 0.6 is 11.6 Å². The van der Waals surface area contributed by atoms with Gasteiger partial charge >= 0.3 is 5.97 Å². The van der Waals surface area contributed by atoms with Crippen molar-refractivity contribution in [3.8, 4) is 0 Å². The molecule has 0 radical (unpaired) electrons. The number of nitrogens with zero attached hydrogens (tertiary/aromatic N) is 4. The molecule has 0 unspecified atom stereocenters. The summed E-state index contributed by atoms with van der Waals surface area (Å²) in [7, 11) is 0. The molecule has 96 valence electrons. The van der Waals surface area contributed by atoms with Gasteiger partial charge in [0.25, 0.3) is 0 Å².